The third kappa shape index (κ3) is 3.01. The Bertz CT molecular complexity index is 1000. The van der Waals surface area contributed by atoms with Crippen LogP contribution < -0.4 is 15.4 Å². The fourth-order valence-electron chi connectivity index (χ4n) is 2.92. The van der Waals surface area contributed by atoms with Crippen molar-refractivity contribution in [1.29, 1.82) is 0 Å². The average molecular weight is 352 g/mol. The molecule has 3 rings (SSSR count). The van der Waals surface area contributed by atoms with E-state index in [0.717, 1.165) is 10.9 Å². The highest BCUT2D eigenvalue weighted by Gasteiger charge is 2.21. The summed E-state index contributed by atoms with van der Waals surface area (Å²) in [4.78, 5) is 24.9. The molecule has 3 aromatic rings. The lowest BCUT2D eigenvalue weighted by Crippen LogP contribution is -2.22. The lowest BCUT2D eigenvalue weighted by molar-refractivity contribution is 0.0963. The summed E-state index contributed by atoms with van der Waals surface area (Å²) < 4.78 is 10.9. The zero-order valence-electron chi connectivity index (χ0n) is 15.1. The maximum absolute atomic E-state index is 12.8. The minimum absolute atomic E-state index is 0.206. The van der Waals surface area contributed by atoms with Gasteiger partial charge < -0.3 is 19.8 Å². The van der Waals surface area contributed by atoms with Crippen LogP contribution in [-0.4, -0.2) is 26.0 Å². The second-order valence-electron chi connectivity index (χ2n) is 5.95. The van der Waals surface area contributed by atoms with Crippen LogP contribution in [0.4, 0.5) is 5.69 Å². The van der Waals surface area contributed by atoms with Gasteiger partial charge in [-0.15, -0.1) is 0 Å². The van der Waals surface area contributed by atoms with E-state index < -0.39 is 5.91 Å². The van der Waals surface area contributed by atoms with Gasteiger partial charge in [0.1, 0.15) is 11.3 Å². The van der Waals surface area contributed by atoms with E-state index in [1.165, 1.54) is 0 Å². The minimum Gasteiger partial charge on any atom is -0.497 e. The molecule has 0 aliphatic rings. The van der Waals surface area contributed by atoms with Gasteiger partial charge in [0.05, 0.1) is 18.4 Å². The summed E-state index contributed by atoms with van der Waals surface area (Å²) in [6, 6.07) is 10.7. The van der Waals surface area contributed by atoms with Crippen LogP contribution in [0, 0.1) is 13.8 Å². The van der Waals surface area contributed by atoms with E-state index in [4.69, 9.17) is 9.15 Å². The van der Waals surface area contributed by atoms with Crippen molar-refractivity contribution in [3.05, 3.63) is 58.8 Å². The molecule has 6 nitrogen and oxygen atoms in total. The lowest BCUT2D eigenvalue weighted by atomic mass is 10.1. The molecular weight excluding hydrogens is 332 g/mol. The van der Waals surface area contributed by atoms with Crippen LogP contribution in [0.2, 0.25) is 0 Å². The molecule has 0 saturated carbocycles. The summed E-state index contributed by atoms with van der Waals surface area (Å²) in [5.41, 5.74) is 2.95. The first kappa shape index (κ1) is 17.5. The Labute approximate surface area is 151 Å². The van der Waals surface area contributed by atoms with Crippen molar-refractivity contribution in [1.82, 2.24) is 5.32 Å². The molecule has 134 valence electrons. The maximum atomic E-state index is 12.8. The maximum Gasteiger partial charge on any atom is 0.291 e. The smallest absolute Gasteiger partial charge is 0.291 e. The van der Waals surface area contributed by atoms with Crippen LogP contribution in [0.3, 0.4) is 0 Å². The molecule has 0 saturated heterocycles. The van der Waals surface area contributed by atoms with Crippen molar-refractivity contribution < 1.29 is 18.7 Å². The Morgan fingerprint density at radius 3 is 2.54 bits per heavy atom. The molecule has 0 bridgehead atoms. The predicted octanol–water partition coefficient (Wildman–Crippen LogP) is 3.67. The van der Waals surface area contributed by atoms with Crippen LogP contribution >= 0.6 is 0 Å². The zero-order valence-corrected chi connectivity index (χ0v) is 15.1. The number of hydrogen-bond donors (Lipinski definition) is 2. The van der Waals surface area contributed by atoms with Crippen molar-refractivity contribution >= 4 is 28.5 Å². The average Bonchev–Trinajstić information content (AvgIpc) is 2.97. The predicted molar refractivity (Wildman–Crippen MR) is 100 cm³/mol. The second-order valence-corrected chi connectivity index (χ2v) is 5.95. The van der Waals surface area contributed by atoms with E-state index in [-0.39, 0.29) is 11.7 Å². The Kier molecular flexibility index (Phi) is 4.67. The topological polar surface area (TPSA) is 80.6 Å². The van der Waals surface area contributed by atoms with Crippen molar-refractivity contribution in [2.45, 2.75) is 13.8 Å². The van der Waals surface area contributed by atoms with Crippen LogP contribution in [0.25, 0.3) is 11.0 Å². The Morgan fingerprint density at radius 2 is 1.85 bits per heavy atom. The van der Waals surface area contributed by atoms with Gasteiger partial charge in [0.25, 0.3) is 11.8 Å². The molecule has 1 heterocycles. The van der Waals surface area contributed by atoms with E-state index in [2.05, 4.69) is 10.6 Å². The fraction of sp³-hybridized carbons (Fsp3) is 0.200. The molecule has 26 heavy (non-hydrogen) atoms. The molecule has 2 N–H and O–H groups in total. The number of ether oxygens (including phenoxy) is 1. The molecule has 0 unspecified atom stereocenters. The molecular formula is C20H20N2O4. The van der Waals surface area contributed by atoms with Gasteiger partial charge in [0.2, 0.25) is 0 Å². The molecule has 2 amide bonds. The summed E-state index contributed by atoms with van der Waals surface area (Å²) in [5.74, 6) is 0.226. The summed E-state index contributed by atoms with van der Waals surface area (Å²) in [6.07, 6.45) is 0. The highest BCUT2D eigenvalue weighted by molar-refractivity contribution is 6.10. The Morgan fingerprint density at radius 1 is 1.08 bits per heavy atom. The standard InChI is InChI=1S/C20H20N2O4/c1-11-6-5-7-15(17(11)19(23)21-3)22-20(24)18-12(2)14-10-13(25-4)8-9-16(14)26-18/h5-10H,1-4H3,(H,21,23)(H,22,24). The third-order valence-electron chi connectivity index (χ3n) is 4.32. The number of rotatable bonds is 4. The van der Waals surface area contributed by atoms with Gasteiger partial charge in [-0.1, -0.05) is 12.1 Å². The zero-order chi connectivity index (χ0) is 18.8. The molecule has 0 radical (unpaired) electrons. The first-order valence-electron chi connectivity index (χ1n) is 8.16. The molecule has 0 aliphatic heterocycles. The van der Waals surface area contributed by atoms with Crippen molar-refractivity contribution in [3.63, 3.8) is 0 Å². The third-order valence-corrected chi connectivity index (χ3v) is 4.32. The molecule has 1 aromatic heterocycles. The summed E-state index contributed by atoms with van der Waals surface area (Å²) >= 11 is 0. The van der Waals surface area contributed by atoms with Crippen LogP contribution in [0.1, 0.15) is 32.0 Å². The quantitative estimate of drug-likeness (QED) is 0.751. The molecule has 0 aliphatic carbocycles. The first-order chi connectivity index (χ1) is 12.5. The number of anilines is 1. The van der Waals surface area contributed by atoms with Gasteiger partial charge in [-0.3, -0.25) is 9.59 Å². The number of furan rings is 1. The highest BCUT2D eigenvalue weighted by Crippen LogP contribution is 2.29. The van der Waals surface area contributed by atoms with Crippen molar-refractivity contribution in [2.24, 2.45) is 0 Å². The monoisotopic (exact) mass is 352 g/mol. The second kappa shape index (κ2) is 6.92. The molecule has 0 fully saturated rings. The van der Waals surface area contributed by atoms with Gasteiger partial charge in [-0.05, 0) is 43.7 Å². The van der Waals surface area contributed by atoms with Crippen LogP contribution in [0.15, 0.2) is 40.8 Å². The van der Waals surface area contributed by atoms with Crippen LogP contribution in [0.5, 0.6) is 5.75 Å². The van der Waals surface area contributed by atoms with Gasteiger partial charge in [-0.25, -0.2) is 0 Å². The number of aryl methyl sites for hydroxylation is 2. The van der Waals surface area contributed by atoms with Gasteiger partial charge in [0.15, 0.2) is 5.76 Å². The number of carbonyl (C=O) groups excluding carboxylic acids is 2. The number of amides is 2. The first-order valence-corrected chi connectivity index (χ1v) is 8.16. The van der Waals surface area contributed by atoms with E-state index in [9.17, 15) is 9.59 Å². The summed E-state index contributed by atoms with van der Waals surface area (Å²) in [6.45, 7) is 3.63. The molecule has 0 atom stereocenters. The van der Waals surface area contributed by atoms with Crippen molar-refractivity contribution in [3.8, 4) is 5.75 Å². The van der Waals surface area contributed by atoms with Gasteiger partial charge >= 0.3 is 0 Å². The molecule has 6 heteroatoms. The molecule has 2 aromatic carbocycles. The molecule has 0 spiro atoms. The SMILES string of the molecule is CNC(=O)c1c(C)cccc1NC(=O)c1oc2ccc(OC)cc2c1C. The Balaban J connectivity index is 1.99. The highest BCUT2D eigenvalue weighted by atomic mass is 16.5. The van der Waals surface area contributed by atoms with Gasteiger partial charge in [0, 0.05) is 18.0 Å². The largest absolute Gasteiger partial charge is 0.497 e. The Hall–Kier alpha value is -3.28. The van der Waals surface area contributed by atoms with E-state index >= 15 is 0 Å². The number of benzene rings is 2. The number of methoxy groups -OCH3 is 1. The van der Waals surface area contributed by atoms with Gasteiger partial charge in [-0.2, -0.15) is 0 Å². The number of fused-ring (bicyclic) bond motifs is 1. The number of carbonyl (C=O) groups is 2. The lowest BCUT2D eigenvalue weighted by Gasteiger charge is -2.12. The van der Waals surface area contributed by atoms with E-state index in [1.807, 2.05) is 26.0 Å². The summed E-state index contributed by atoms with van der Waals surface area (Å²) in [7, 11) is 3.14. The van der Waals surface area contributed by atoms with Crippen molar-refractivity contribution in [2.75, 3.05) is 19.5 Å². The summed E-state index contributed by atoms with van der Waals surface area (Å²) in [5, 5.41) is 6.19. The van der Waals surface area contributed by atoms with Crippen LogP contribution in [-0.2, 0) is 0 Å². The minimum atomic E-state index is -0.409. The fourth-order valence-corrected chi connectivity index (χ4v) is 2.92. The van der Waals surface area contributed by atoms with E-state index in [1.54, 1.807) is 38.4 Å². The number of hydrogen-bond acceptors (Lipinski definition) is 4. The van der Waals surface area contributed by atoms with E-state index in [0.29, 0.717) is 28.1 Å². The normalized spacial score (nSPS) is 10.6. The number of nitrogens with one attached hydrogen (secondary N) is 2.